The number of rotatable bonds is 7. The van der Waals surface area contributed by atoms with E-state index in [2.05, 4.69) is 10.4 Å². The van der Waals surface area contributed by atoms with E-state index in [0.29, 0.717) is 34.0 Å². The molecule has 1 heterocycles. The molecule has 3 aromatic rings. The van der Waals surface area contributed by atoms with Crippen molar-refractivity contribution in [2.75, 3.05) is 16.9 Å². The number of nitrogens with one attached hydrogen (secondary N) is 1. The summed E-state index contributed by atoms with van der Waals surface area (Å²) < 4.78 is 5.75. The molecule has 0 bridgehead atoms. The minimum Gasteiger partial charge on any atom is -0.483 e. The van der Waals surface area contributed by atoms with Crippen LogP contribution in [-0.2, 0) is 9.59 Å². The number of hydrogen-bond donors (Lipinski definition) is 2. The molecule has 0 fully saturated rings. The van der Waals surface area contributed by atoms with Gasteiger partial charge < -0.3 is 15.2 Å². The fraction of sp³-hybridized carbons (Fsp3) is 0.111. The summed E-state index contributed by atoms with van der Waals surface area (Å²) in [6, 6.07) is 20.5. The normalized spacial score (nSPS) is 14.1. The Morgan fingerprint density at radius 3 is 2.49 bits per heavy atom. The number of aromatic carboxylic acids is 1. The Bertz CT molecular complexity index is 1360. The maximum absolute atomic E-state index is 13.1. The lowest BCUT2D eigenvalue weighted by Gasteiger charge is -2.12. The predicted octanol–water partition coefficient (Wildman–Crippen LogP) is 4.52. The number of anilines is 2. The smallest absolute Gasteiger partial charge is 0.335 e. The largest absolute Gasteiger partial charge is 0.483 e. The van der Waals surface area contributed by atoms with Crippen LogP contribution in [0.1, 0.15) is 28.4 Å². The predicted molar refractivity (Wildman–Crippen MR) is 134 cm³/mol. The quantitative estimate of drug-likeness (QED) is 0.495. The second-order valence-corrected chi connectivity index (χ2v) is 7.96. The van der Waals surface area contributed by atoms with Gasteiger partial charge >= 0.3 is 5.97 Å². The molecule has 0 radical (unpaired) electrons. The first kappa shape index (κ1) is 23.4. The van der Waals surface area contributed by atoms with Gasteiger partial charge in [0.2, 0.25) is 0 Å². The molecular formula is C27H23N3O5. The van der Waals surface area contributed by atoms with Gasteiger partial charge in [-0.2, -0.15) is 10.1 Å². The van der Waals surface area contributed by atoms with Crippen LogP contribution in [-0.4, -0.2) is 35.2 Å². The van der Waals surface area contributed by atoms with Gasteiger partial charge in [-0.15, -0.1) is 0 Å². The van der Waals surface area contributed by atoms with Crippen LogP contribution in [0.2, 0.25) is 0 Å². The highest BCUT2D eigenvalue weighted by atomic mass is 16.5. The average molecular weight is 469 g/mol. The first-order valence-corrected chi connectivity index (χ1v) is 10.9. The third kappa shape index (κ3) is 5.44. The van der Waals surface area contributed by atoms with E-state index in [4.69, 9.17) is 9.84 Å². The number of hydrogen-bond acceptors (Lipinski definition) is 5. The van der Waals surface area contributed by atoms with E-state index >= 15 is 0 Å². The molecule has 3 aromatic carbocycles. The highest BCUT2D eigenvalue weighted by molar-refractivity contribution is 6.32. The Hall–Kier alpha value is -4.72. The number of carbonyl (C=O) groups excluding carboxylic acids is 2. The molecule has 0 saturated heterocycles. The summed E-state index contributed by atoms with van der Waals surface area (Å²) >= 11 is 0. The Kier molecular flexibility index (Phi) is 6.73. The fourth-order valence-electron chi connectivity index (χ4n) is 3.55. The minimum absolute atomic E-state index is 0.120. The first-order chi connectivity index (χ1) is 16.8. The van der Waals surface area contributed by atoms with E-state index in [1.165, 1.54) is 29.3 Å². The van der Waals surface area contributed by atoms with Crippen LogP contribution < -0.4 is 15.1 Å². The molecule has 2 N–H and O–H groups in total. The SMILES string of the molecule is CC1=NN(c2ccc(C(=O)O)cc2)C(=O)/C1=C\c1ccccc1OCC(=O)Nc1cccc(C)c1. The molecule has 8 nitrogen and oxygen atoms in total. The number of hydrazone groups is 1. The molecule has 1 aliphatic heterocycles. The van der Waals surface area contributed by atoms with Gasteiger partial charge in [-0.1, -0.05) is 30.3 Å². The van der Waals surface area contributed by atoms with Crippen LogP contribution in [0.25, 0.3) is 6.08 Å². The van der Waals surface area contributed by atoms with Crippen LogP contribution in [0, 0.1) is 6.92 Å². The minimum atomic E-state index is -1.05. The van der Waals surface area contributed by atoms with E-state index in [9.17, 15) is 14.4 Å². The van der Waals surface area contributed by atoms with E-state index < -0.39 is 5.97 Å². The number of carboxylic acids is 1. The molecule has 1 aliphatic rings. The van der Waals surface area contributed by atoms with Crippen molar-refractivity contribution < 1.29 is 24.2 Å². The van der Waals surface area contributed by atoms with Crippen LogP contribution in [0.15, 0.2) is 83.5 Å². The van der Waals surface area contributed by atoms with E-state index in [1.54, 1.807) is 43.3 Å². The summed E-state index contributed by atoms with van der Waals surface area (Å²) in [5.74, 6) is -1.25. The third-order valence-electron chi connectivity index (χ3n) is 5.30. The third-order valence-corrected chi connectivity index (χ3v) is 5.30. The maximum atomic E-state index is 13.1. The molecule has 0 aliphatic carbocycles. The number of carbonyl (C=O) groups is 3. The Morgan fingerprint density at radius 2 is 1.77 bits per heavy atom. The summed E-state index contributed by atoms with van der Waals surface area (Å²) in [4.78, 5) is 36.5. The first-order valence-electron chi connectivity index (χ1n) is 10.9. The lowest BCUT2D eigenvalue weighted by Crippen LogP contribution is -2.21. The number of ether oxygens (including phenoxy) is 1. The second kappa shape index (κ2) is 10.0. The molecule has 4 rings (SSSR count). The van der Waals surface area contributed by atoms with Gasteiger partial charge in [-0.05, 0) is 68.0 Å². The molecule has 8 heteroatoms. The summed E-state index contributed by atoms with van der Waals surface area (Å²) in [5.41, 5.74) is 3.79. The Balaban J connectivity index is 1.49. The molecule has 0 saturated carbocycles. The number of para-hydroxylation sites is 1. The van der Waals surface area contributed by atoms with Gasteiger partial charge in [-0.3, -0.25) is 9.59 Å². The zero-order chi connectivity index (χ0) is 24.9. The average Bonchev–Trinajstić information content (AvgIpc) is 3.12. The van der Waals surface area contributed by atoms with Gasteiger partial charge in [0.1, 0.15) is 5.75 Å². The van der Waals surface area contributed by atoms with E-state index in [0.717, 1.165) is 5.56 Å². The summed E-state index contributed by atoms with van der Waals surface area (Å²) in [5, 5.41) is 17.4. The van der Waals surface area contributed by atoms with Crippen molar-refractivity contribution in [1.29, 1.82) is 0 Å². The molecule has 176 valence electrons. The molecule has 0 unspecified atom stereocenters. The van der Waals surface area contributed by atoms with Gasteiger partial charge in [0.05, 0.1) is 22.5 Å². The van der Waals surface area contributed by atoms with E-state index in [1.807, 2.05) is 25.1 Å². The summed E-state index contributed by atoms with van der Waals surface area (Å²) in [6.45, 7) is 3.46. The zero-order valence-electron chi connectivity index (χ0n) is 19.2. The van der Waals surface area contributed by atoms with Crippen LogP contribution in [0.5, 0.6) is 5.75 Å². The van der Waals surface area contributed by atoms with Crippen LogP contribution >= 0.6 is 0 Å². The lowest BCUT2D eigenvalue weighted by molar-refractivity contribution is -0.118. The highest BCUT2D eigenvalue weighted by Gasteiger charge is 2.29. The topological polar surface area (TPSA) is 108 Å². The van der Waals surface area contributed by atoms with Gasteiger partial charge in [-0.25, -0.2) is 4.79 Å². The summed E-state index contributed by atoms with van der Waals surface area (Å²) in [6.07, 6.45) is 1.67. The van der Waals surface area contributed by atoms with Gasteiger partial charge in [0.25, 0.3) is 11.8 Å². The van der Waals surface area contributed by atoms with Crippen molar-refractivity contribution in [2.45, 2.75) is 13.8 Å². The van der Waals surface area contributed by atoms with Crippen molar-refractivity contribution in [3.8, 4) is 5.75 Å². The van der Waals surface area contributed by atoms with Gasteiger partial charge in [0, 0.05) is 11.3 Å². The van der Waals surface area contributed by atoms with Crippen LogP contribution in [0.3, 0.4) is 0 Å². The molecule has 2 amide bonds. The highest BCUT2D eigenvalue weighted by Crippen LogP contribution is 2.28. The fourth-order valence-corrected chi connectivity index (χ4v) is 3.55. The monoisotopic (exact) mass is 469 g/mol. The zero-order valence-corrected chi connectivity index (χ0v) is 19.2. The van der Waals surface area contributed by atoms with Crippen molar-refractivity contribution >= 4 is 40.9 Å². The van der Waals surface area contributed by atoms with Gasteiger partial charge in [0.15, 0.2) is 6.61 Å². The molecular weight excluding hydrogens is 446 g/mol. The van der Waals surface area contributed by atoms with Crippen LogP contribution in [0.4, 0.5) is 11.4 Å². The number of aryl methyl sites for hydroxylation is 1. The Labute approximate surface area is 202 Å². The standard InChI is InChI=1S/C27H23N3O5/c1-17-6-5-8-21(14-17)28-25(31)16-35-24-9-4-3-7-20(24)15-23-18(2)29-30(26(23)32)22-12-10-19(11-13-22)27(33)34/h3-15H,16H2,1-2H3,(H,28,31)(H,33,34)/b23-15-. The molecule has 0 atom stereocenters. The van der Waals surface area contributed by atoms with Crippen molar-refractivity contribution in [3.05, 3.63) is 95.1 Å². The molecule has 0 spiro atoms. The van der Waals surface area contributed by atoms with E-state index in [-0.39, 0.29) is 24.0 Å². The maximum Gasteiger partial charge on any atom is 0.335 e. The number of amides is 2. The van der Waals surface area contributed by atoms with Crippen molar-refractivity contribution in [3.63, 3.8) is 0 Å². The van der Waals surface area contributed by atoms with Crippen molar-refractivity contribution in [1.82, 2.24) is 0 Å². The number of benzene rings is 3. The van der Waals surface area contributed by atoms with Crippen molar-refractivity contribution in [2.24, 2.45) is 5.10 Å². The number of nitrogens with zero attached hydrogens (tertiary/aromatic N) is 2. The molecule has 35 heavy (non-hydrogen) atoms. The summed E-state index contributed by atoms with van der Waals surface area (Å²) in [7, 11) is 0. The lowest BCUT2D eigenvalue weighted by atomic mass is 10.1. The number of carboxylic acid groups (broad SMARTS) is 1. The Morgan fingerprint density at radius 1 is 1.03 bits per heavy atom. The molecule has 0 aromatic heterocycles. The second-order valence-electron chi connectivity index (χ2n) is 7.96.